The molecule has 4 heteroatoms. The van der Waals surface area contributed by atoms with E-state index in [1.54, 1.807) is 6.92 Å². The van der Waals surface area contributed by atoms with Crippen molar-refractivity contribution in [2.24, 2.45) is 0 Å². The van der Waals surface area contributed by atoms with Crippen LogP contribution < -0.4 is 5.32 Å². The van der Waals surface area contributed by atoms with E-state index in [1.807, 2.05) is 16.7 Å². The molecular weight excluding hydrogens is 232 g/mol. The Balaban J connectivity index is 1.76. The topological polar surface area (TPSA) is 32.3 Å². The quantitative estimate of drug-likeness (QED) is 0.836. The zero-order chi connectivity index (χ0) is 12.3. The highest BCUT2D eigenvalue weighted by Crippen LogP contribution is 2.29. The first kappa shape index (κ1) is 13.2. The highest BCUT2D eigenvalue weighted by molar-refractivity contribution is 7.99. The van der Waals surface area contributed by atoms with Gasteiger partial charge in [0.25, 0.3) is 0 Å². The monoisotopic (exact) mass is 256 g/mol. The SMILES string of the molecule is CSC1CCCC1NC1CCN(C(C)=O)CC1. The Labute approximate surface area is 109 Å². The highest BCUT2D eigenvalue weighted by Gasteiger charge is 2.29. The molecule has 2 unspecified atom stereocenters. The minimum atomic E-state index is 0.228. The number of carbonyl (C=O) groups excluding carboxylic acids is 1. The summed E-state index contributed by atoms with van der Waals surface area (Å²) in [6.45, 7) is 3.54. The molecule has 1 amide bonds. The third-order valence-electron chi connectivity index (χ3n) is 4.15. The predicted molar refractivity (Wildman–Crippen MR) is 73.4 cm³/mol. The number of nitrogens with zero attached hydrogens (tertiary/aromatic N) is 1. The Morgan fingerprint density at radius 3 is 2.53 bits per heavy atom. The van der Waals surface area contributed by atoms with Gasteiger partial charge in [0.15, 0.2) is 0 Å². The van der Waals surface area contributed by atoms with Gasteiger partial charge in [-0.1, -0.05) is 6.42 Å². The van der Waals surface area contributed by atoms with Crippen LogP contribution in [0.3, 0.4) is 0 Å². The highest BCUT2D eigenvalue weighted by atomic mass is 32.2. The van der Waals surface area contributed by atoms with Crippen molar-refractivity contribution in [3.63, 3.8) is 0 Å². The fraction of sp³-hybridized carbons (Fsp3) is 0.923. The van der Waals surface area contributed by atoms with Gasteiger partial charge in [-0.3, -0.25) is 4.79 Å². The van der Waals surface area contributed by atoms with Gasteiger partial charge in [0, 0.05) is 37.3 Å². The molecule has 0 aromatic carbocycles. The summed E-state index contributed by atoms with van der Waals surface area (Å²) in [4.78, 5) is 13.2. The molecule has 2 aliphatic rings. The second-order valence-corrected chi connectivity index (χ2v) is 6.34. The lowest BCUT2D eigenvalue weighted by Crippen LogP contribution is -2.48. The zero-order valence-electron chi connectivity index (χ0n) is 10.9. The summed E-state index contributed by atoms with van der Waals surface area (Å²) in [7, 11) is 0. The molecule has 0 bridgehead atoms. The van der Waals surface area contributed by atoms with Gasteiger partial charge in [0.05, 0.1) is 0 Å². The van der Waals surface area contributed by atoms with Gasteiger partial charge < -0.3 is 10.2 Å². The average molecular weight is 256 g/mol. The molecular formula is C13H24N2OS. The summed E-state index contributed by atoms with van der Waals surface area (Å²) in [6, 6.07) is 1.34. The Kier molecular flexibility index (Phi) is 4.74. The maximum absolute atomic E-state index is 11.3. The number of hydrogen-bond acceptors (Lipinski definition) is 3. The number of amides is 1. The van der Waals surface area contributed by atoms with Gasteiger partial charge in [-0.05, 0) is 31.9 Å². The summed E-state index contributed by atoms with van der Waals surface area (Å²) in [5.74, 6) is 0.228. The molecule has 0 aromatic heterocycles. The molecule has 1 saturated carbocycles. The van der Waals surface area contributed by atoms with Crippen molar-refractivity contribution >= 4 is 17.7 Å². The van der Waals surface area contributed by atoms with E-state index in [9.17, 15) is 4.79 Å². The zero-order valence-corrected chi connectivity index (χ0v) is 11.8. The van der Waals surface area contributed by atoms with E-state index >= 15 is 0 Å². The van der Waals surface area contributed by atoms with Gasteiger partial charge in [-0.15, -0.1) is 0 Å². The largest absolute Gasteiger partial charge is 0.343 e. The van der Waals surface area contributed by atoms with Crippen molar-refractivity contribution in [2.45, 2.75) is 56.4 Å². The fourth-order valence-corrected chi connectivity index (χ4v) is 4.01. The summed E-state index contributed by atoms with van der Waals surface area (Å²) in [5.41, 5.74) is 0. The normalized spacial score (nSPS) is 30.8. The van der Waals surface area contributed by atoms with Crippen LogP contribution >= 0.6 is 11.8 Å². The lowest BCUT2D eigenvalue weighted by molar-refractivity contribution is -0.129. The second kappa shape index (κ2) is 6.10. The minimum absolute atomic E-state index is 0.228. The maximum atomic E-state index is 11.3. The number of hydrogen-bond donors (Lipinski definition) is 1. The molecule has 2 atom stereocenters. The Morgan fingerprint density at radius 2 is 1.94 bits per heavy atom. The molecule has 1 saturated heterocycles. The van der Waals surface area contributed by atoms with Crippen LogP contribution in [-0.4, -0.2) is 47.5 Å². The van der Waals surface area contributed by atoms with E-state index in [-0.39, 0.29) is 5.91 Å². The molecule has 1 aliphatic heterocycles. The number of thioether (sulfide) groups is 1. The van der Waals surface area contributed by atoms with Crippen LogP contribution in [0.25, 0.3) is 0 Å². The van der Waals surface area contributed by atoms with Crippen molar-refractivity contribution in [2.75, 3.05) is 19.3 Å². The van der Waals surface area contributed by atoms with Gasteiger partial charge in [0.1, 0.15) is 0 Å². The van der Waals surface area contributed by atoms with Gasteiger partial charge >= 0.3 is 0 Å². The third kappa shape index (κ3) is 3.38. The van der Waals surface area contributed by atoms with Crippen LogP contribution in [-0.2, 0) is 4.79 Å². The van der Waals surface area contributed by atoms with E-state index in [2.05, 4.69) is 11.6 Å². The van der Waals surface area contributed by atoms with E-state index in [0.29, 0.717) is 12.1 Å². The van der Waals surface area contributed by atoms with E-state index in [0.717, 1.165) is 31.2 Å². The Bertz CT molecular complexity index is 264. The standard InChI is InChI=1S/C13H24N2OS/c1-10(16)15-8-6-11(7-9-15)14-12-4-3-5-13(12)17-2/h11-14H,3-9H2,1-2H3. The lowest BCUT2D eigenvalue weighted by atomic mass is 10.0. The molecule has 2 rings (SSSR count). The minimum Gasteiger partial charge on any atom is -0.343 e. The second-order valence-electron chi connectivity index (χ2n) is 5.26. The molecule has 1 heterocycles. The van der Waals surface area contributed by atoms with E-state index in [4.69, 9.17) is 0 Å². The molecule has 0 aromatic rings. The number of rotatable bonds is 3. The molecule has 3 nitrogen and oxygen atoms in total. The maximum Gasteiger partial charge on any atom is 0.219 e. The van der Waals surface area contributed by atoms with E-state index in [1.165, 1.54) is 19.3 Å². The van der Waals surface area contributed by atoms with Crippen LogP contribution in [0, 0.1) is 0 Å². The van der Waals surface area contributed by atoms with Crippen LogP contribution in [0.5, 0.6) is 0 Å². The summed E-state index contributed by atoms with van der Waals surface area (Å²) in [6.07, 6.45) is 8.54. The number of likely N-dealkylation sites (tertiary alicyclic amines) is 1. The summed E-state index contributed by atoms with van der Waals surface area (Å²) in [5, 5.41) is 4.63. The molecule has 0 radical (unpaired) electrons. The van der Waals surface area contributed by atoms with Crippen molar-refractivity contribution in [3.8, 4) is 0 Å². The predicted octanol–water partition coefficient (Wildman–Crippen LogP) is 1.87. The fourth-order valence-electron chi connectivity index (χ4n) is 3.06. The smallest absolute Gasteiger partial charge is 0.219 e. The summed E-state index contributed by atoms with van der Waals surface area (Å²) < 4.78 is 0. The molecule has 0 spiro atoms. The van der Waals surface area contributed by atoms with Crippen molar-refractivity contribution in [1.82, 2.24) is 10.2 Å². The third-order valence-corrected chi connectivity index (χ3v) is 5.32. The first-order chi connectivity index (χ1) is 8.20. The number of piperidine rings is 1. The van der Waals surface area contributed by atoms with Crippen LogP contribution in [0.2, 0.25) is 0 Å². The van der Waals surface area contributed by atoms with Gasteiger partial charge in [0.2, 0.25) is 5.91 Å². The Morgan fingerprint density at radius 1 is 1.24 bits per heavy atom. The van der Waals surface area contributed by atoms with Crippen LogP contribution in [0.15, 0.2) is 0 Å². The number of carbonyl (C=O) groups is 1. The van der Waals surface area contributed by atoms with Gasteiger partial charge in [-0.2, -0.15) is 11.8 Å². The van der Waals surface area contributed by atoms with Crippen molar-refractivity contribution in [3.05, 3.63) is 0 Å². The molecule has 2 fully saturated rings. The molecule has 98 valence electrons. The Hall–Kier alpha value is -0.220. The lowest BCUT2D eigenvalue weighted by Gasteiger charge is -2.34. The van der Waals surface area contributed by atoms with Gasteiger partial charge in [-0.25, -0.2) is 0 Å². The first-order valence-electron chi connectivity index (χ1n) is 6.75. The van der Waals surface area contributed by atoms with Crippen LogP contribution in [0.4, 0.5) is 0 Å². The van der Waals surface area contributed by atoms with Crippen LogP contribution in [0.1, 0.15) is 39.0 Å². The average Bonchev–Trinajstić information content (AvgIpc) is 2.77. The molecule has 17 heavy (non-hydrogen) atoms. The first-order valence-corrected chi connectivity index (χ1v) is 8.04. The molecule has 1 N–H and O–H groups in total. The number of nitrogens with one attached hydrogen (secondary N) is 1. The van der Waals surface area contributed by atoms with Crippen molar-refractivity contribution < 1.29 is 4.79 Å². The summed E-state index contributed by atoms with van der Waals surface area (Å²) >= 11 is 2.01. The molecule has 1 aliphatic carbocycles. The van der Waals surface area contributed by atoms with E-state index < -0.39 is 0 Å². The van der Waals surface area contributed by atoms with Crippen molar-refractivity contribution in [1.29, 1.82) is 0 Å².